The number of rotatable bonds is 5. The first kappa shape index (κ1) is 16.7. The molecule has 0 spiro atoms. The highest BCUT2D eigenvalue weighted by Gasteiger charge is 2.19. The van der Waals surface area contributed by atoms with Crippen LogP contribution in [0.25, 0.3) is 10.9 Å². The van der Waals surface area contributed by atoms with Gasteiger partial charge in [-0.05, 0) is 23.6 Å². The van der Waals surface area contributed by atoms with Gasteiger partial charge in [0.1, 0.15) is 6.61 Å². The van der Waals surface area contributed by atoms with E-state index >= 15 is 0 Å². The Balaban J connectivity index is 1.53. The number of benzene rings is 2. The Morgan fingerprint density at radius 2 is 1.80 bits per heavy atom. The minimum absolute atomic E-state index is 0.0949. The maximum absolute atomic E-state index is 12.1. The van der Waals surface area contributed by atoms with Crippen molar-refractivity contribution in [1.29, 1.82) is 0 Å². The quantitative estimate of drug-likeness (QED) is 0.666. The third-order valence-electron chi connectivity index (χ3n) is 3.89. The number of nitrogens with two attached hydrogens (primary N) is 1. The average Bonchev–Trinajstić information content (AvgIpc) is 3.04. The summed E-state index contributed by atoms with van der Waals surface area (Å²) in [5.74, 6) is -0.566. The van der Waals surface area contributed by atoms with E-state index in [-0.39, 0.29) is 6.61 Å². The number of alkyl carbamates (subject to hydrolysis) is 1. The van der Waals surface area contributed by atoms with Crippen LogP contribution >= 0.6 is 0 Å². The van der Waals surface area contributed by atoms with Crippen molar-refractivity contribution < 1.29 is 14.3 Å². The molecule has 3 aromatic rings. The first-order valence-electron chi connectivity index (χ1n) is 7.95. The second kappa shape index (κ2) is 7.63. The zero-order valence-electron chi connectivity index (χ0n) is 13.6. The largest absolute Gasteiger partial charge is 0.444 e. The lowest BCUT2D eigenvalue weighted by Crippen LogP contribution is -2.44. The maximum atomic E-state index is 12.1. The van der Waals surface area contributed by atoms with Crippen molar-refractivity contribution in [1.82, 2.24) is 10.3 Å². The zero-order chi connectivity index (χ0) is 17.6. The van der Waals surface area contributed by atoms with Gasteiger partial charge in [-0.2, -0.15) is 0 Å². The Bertz CT molecular complexity index is 874. The summed E-state index contributed by atoms with van der Waals surface area (Å²) >= 11 is 0. The highest BCUT2D eigenvalue weighted by Crippen LogP contribution is 2.18. The fourth-order valence-electron chi connectivity index (χ4n) is 2.58. The summed E-state index contributed by atoms with van der Waals surface area (Å²) in [6.07, 6.45) is 1.34. The summed E-state index contributed by atoms with van der Waals surface area (Å²) in [6, 6.07) is 16.1. The number of aromatic amines is 1. The lowest BCUT2D eigenvalue weighted by atomic mass is 10.1. The van der Waals surface area contributed by atoms with Crippen LogP contribution in [-0.4, -0.2) is 23.0 Å². The maximum Gasteiger partial charge on any atom is 0.414 e. The summed E-state index contributed by atoms with van der Waals surface area (Å²) < 4.78 is 5.02. The third kappa shape index (κ3) is 4.24. The van der Waals surface area contributed by atoms with Crippen molar-refractivity contribution in [3.63, 3.8) is 0 Å². The van der Waals surface area contributed by atoms with Gasteiger partial charge in [-0.25, -0.2) is 4.79 Å². The number of fused-ring (bicyclic) bond motifs is 1. The van der Waals surface area contributed by atoms with E-state index in [9.17, 15) is 9.59 Å². The van der Waals surface area contributed by atoms with Crippen LogP contribution in [0.15, 0.2) is 60.8 Å². The molecule has 4 N–H and O–H groups in total. The zero-order valence-corrected chi connectivity index (χ0v) is 13.6. The van der Waals surface area contributed by atoms with Crippen LogP contribution in [0.2, 0.25) is 0 Å². The van der Waals surface area contributed by atoms with Crippen LogP contribution < -0.4 is 11.1 Å². The average molecular weight is 337 g/mol. The number of carbonyl (C=O) groups excluding carboxylic acids is 2. The van der Waals surface area contributed by atoms with Crippen molar-refractivity contribution in [3.8, 4) is 0 Å². The Labute approximate surface area is 145 Å². The van der Waals surface area contributed by atoms with E-state index in [1.807, 2.05) is 60.8 Å². The van der Waals surface area contributed by atoms with E-state index in [4.69, 9.17) is 10.5 Å². The number of hydrogen-bond acceptors (Lipinski definition) is 4. The Morgan fingerprint density at radius 3 is 2.60 bits per heavy atom. The molecule has 6 nitrogen and oxygen atoms in total. The van der Waals surface area contributed by atoms with Crippen molar-refractivity contribution in [2.45, 2.75) is 19.1 Å². The summed E-state index contributed by atoms with van der Waals surface area (Å²) in [5.41, 5.74) is 8.67. The van der Waals surface area contributed by atoms with Gasteiger partial charge in [0, 0.05) is 17.1 Å². The number of ether oxygens (including phenoxy) is 1. The molecule has 2 aromatic carbocycles. The van der Waals surface area contributed by atoms with E-state index in [2.05, 4.69) is 10.3 Å². The van der Waals surface area contributed by atoms with E-state index < -0.39 is 18.0 Å². The normalized spacial score (nSPS) is 11.9. The van der Waals surface area contributed by atoms with Crippen LogP contribution in [0, 0.1) is 0 Å². The minimum Gasteiger partial charge on any atom is -0.444 e. The molecular formula is C19H19N3O3. The van der Waals surface area contributed by atoms with Gasteiger partial charge in [0.15, 0.2) is 0 Å². The van der Waals surface area contributed by atoms with Crippen LogP contribution in [-0.2, 0) is 22.6 Å². The smallest absolute Gasteiger partial charge is 0.414 e. The molecule has 0 radical (unpaired) electrons. The lowest BCUT2D eigenvalue weighted by Gasteiger charge is -2.11. The molecule has 0 fully saturated rings. The van der Waals surface area contributed by atoms with Gasteiger partial charge in [-0.3, -0.25) is 10.1 Å². The number of amides is 2. The molecule has 0 saturated heterocycles. The minimum atomic E-state index is -0.844. The van der Waals surface area contributed by atoms with Crippen molar-refractivity contribution >= 4 is 22.9 Å². The van der Waals surface area contributed by atoms with Crippen LogP contribution in [0.3, 0.4) is 0 Å². The number of hydrogen-bond donors (Lipinski definition) is 3. The predicted octanol–water partition coefficient (Wildman–Crippen LogP) is 2.49. The summed E-state index contributed by atoms with van der Waals surface area (Å²) in [6.45, 7) is 0.0949. The molecular weight excluding hydrogens is 318 g/mol. The number of nitrogens with one attached hydrogen (secondary N) is 2. The second-order valence-electron chi connectivity index (χ2n) is 5.72. The van der Waals surface area contributed by atoms with E-state index in [1.54, 1.807) is 0 Å². The molecule has 1 heterocycles. The molecule has 0 bridgehead atoms. The van der Waals surface area contributed by atoms with Crippen LogP contribution in [0.4, 0.5) is 4.79 Å². The molecule has 1 atom stereocenters. The number of aromatic nitrogens is 1. The molecule has 0 aliphatic rings. The van der Waals surface area contributed by atoms with Gasteiger partial charge in [-0.1, -0.05) is 48.5 Å². The molecule has 1 aromatic heterocycles. The standard InChI is InChI=1S/C19H19N3O3/c20-16(10-14-11-21-17-9-5-4-8-15(14)17)18(23)22-19(24)25-12-13-6-2-1-3-7-13/h1-9,11,16,21H,10,12,20H2,(H,22,23,24)/t16-/m0/s1. The lowest BCUT2D eigenvalue weighted by molar-refractivity contribution is -0.121. The van der Waals surface area contributed by atoms with Gasteiger partial charge >= 0.3 is 6.09 Å². The van der Waals surface area contributed by atoms with Crippen LogP contribution in [0.1, 0.15) is 11.1 Å². The summed E-state index contributed by atoms with van der Waals surface area (Å²) in [7, 11) is 0. The van der Waals surface area contributed by atoms with E-state index in [0.29, 0.717) is 6.42 Å². The molecule has 0 aliphatic carbocycles. The highest BCUT2D eigenvalue weighted by molar-refractivity contribution is 5.95. The molecule has 0 saturated carbocycles. The monoisotopic (exact) mass is 337 g/mol. The van der Waals surface area contributed by atoms with E-state index in [1.165, 1.54) is 0 Å². The summed E-state index contributed by atoms with van der Waals surface area (Å²) in [5, 5.41) is 3.19. The molecule has 0 unspecified atom stereocenters. The molecule has 0 aliphatic heterocycles. The summed E-state index contributed by atoms with van der Waals surface area (Å²) in [4.78, 5) is 26.9. The number of para-hydroxylation sites is 1. The van der Waals surface area contributed by atoms with Gasteiger partial charge in [0.25, 0.3) is 0 Å². The Hall–Kier alpha value is -3.12. The molecule has 25 heavy (non-hydrogen) atoms. The topological polar surface area (TPSA) is 97.2 Å². The highest BCUT2D eigenvalue weighted by atomic mass is 16.5. The molecule has 128 valence electrons. The van der Waals surface area contributed by atoms with Gasteiger partial charge < -0.3 is 15.5 Å². The first-order valence-corrected chi connectivity index (χ1v) is 7.95. The van der Waals surface area contributed by atoms with Crippen LogP contribution in [0.5, 0.6) is 0 Å². The van der Waals surface area contributed by atoms with Crippen molar-refractivity contribution in [2.24, 2.45) is 5.73 Å². The first-order chi connectivity index (χ1) is 12.1. The fourth-order valence-corrected chi connectivity index (χ4v) is 2.58. The van der Waals surface area contributed by atoms with Gasteiger partial charge in [0.05, 0.1) is 6.04 Å². The molecule has 6 heteroatoms. The predicted molar refractivity (Wildman–Crippen MR) is 94.7 cm³/mol. The van der Waals surface area contributed by atoms with Crippen molar-refractivity contribution in [2.75, 3.05) is 0 Å². The third-order valence-corrected chi connectivity index (χ3v) is 3.89. The Morgan fingerprint density at radius 1 is 1.08 bits per heavy atom. The Kier molecular flexibility index (Phi) is 5.11. The van der Waals surface area contributed by atoms with Gasteiger partial charge in [0.2, 0.25) is 5.91 Å². The van der Waals surface area contributed by atoms with Crippen molar-refractivity contribution in [3.05, 3.63) is 71.9 Å². The van der Waals surface area contributed by atoms with Gasteiger partial charge in [-0.15, -0.1) is 0 Å². The number of carbonyl (C=O) groups is 2. The second-order valence-corrected chi connectivity index (χ2v) is 5.72. The number of H-pyrrole nitrogens is 1. The molecule has 2 amide bonds. The van der Waals surface area contributed by atoms with E-state index in [0.717, 1.165) is 22.0 Å². The number of imide groups is 1. The SMILES string of the molecule is N[C@@H](Cc1c[nH]c2ccccc12)C(=O)NC(=O)OCc1ccccc1. The fraction of sp³-hybridized carbons (Fsp3) is 0.158. The molecule has 3 rings (SSSR count).